The summed E-state index contributed by atoms with van der Waals surface area (Å²) in [5, 5.41) is 13.7. The van der Waals surface area contributed by atoms with Crippen molar-refractivity contribution in [1.82, 2.24) is 4.57 Å². The number of methoxy groups -OCH3 is 1. The van der Waals surface area contributed by atoms with Crippen LogP contribution in [0.1, 0.15) is 47.7 Å². The number of carbonyl (C=O) groups is 1. The van der Waals surface area contributed by atoms with E-state index >= 15 is 0 Å². The molecule has 1 N–H and O–H groups in total. The number of nitrogens with zero attached hydrogens (tertiary/aromatic N) is 1. The number of allylic oxidation sites excluding steroid dienone is 1. The van der Waals surface area contributed by atoms with Crippen LogP contribution in [-0.4, -0.2) is 30.5 Å². The predicted octanol–water partition coefficient (Wildman–Crippen LogP) is 2.93. The molecule has 0 amide bonds. The first-order chi connectivity index (χ1) is 15.6. The summed E-state index contributed by atoms with van der Waals surface area (Å²) >= 11 is 0. The Kier molecular flexibility index (Phi) is 5.39. The molecule has 5 rings (SSSR count). The van der Waals surface area contributed by atoms with Crippen LogP contribution in [0.3, 0.4) is 0 Å². The van der Waals surface area contributed by atoms with Gasteiger partial charge in [0.25, 0.3) is 0 Å². The number of rotatable bonds is 5. The molecule has 1 saturated heterocycles. The molecule has 0 atom stereocenters. The van der Waals surface area contributed by atoms with Crippen LogP contribution in [0.2, 0.25) is 0 Å². The third-order valence-corrected chi connectivity index (χ3v) is 6.63. The highest BCUT2D eigenvalue weighted by molar-refractivity contribution is 6.15. The minimum absolute atomic E-state index is 0.0526. The normalized spacial score (nSPS) is 17.7. The third kappa shape index (κ3) is 3.54. The molecule has 1 aromatic heterocycles. The first-order valence-corrected chi connectivity index (χ1v) is 11.4. The molecule has 2 aliphatic rings. The van der Waals surface area contributed by atoms with Crippen LogP contribution in [0.15, 0.2) is 42.3 Å². The molecule has 2 aromatic carbocycles. The number of likely N-dealkylation sites (tertiary alicyclic amines) is 1. The van der Waals surface area contributed by atoms with Gasteiger partial charge in [-0.15, -0.1) is 0 Å². The zero-order valence-corrected chi connectivity index (χ0v) is 18.6. The maximum absolute atomic E-state index is 13.2. The Hall–Kier alpha value is -3.25. The highest BCUT2D eigenvalue weighted by Gasteiger charge is 2.31. The van der Waals surface area contributed by atoms with E-state index in [1.54, 1.807) is 19.3 Å². The molecule has 0 bridgehead atoms. The first-order valence-electron chi connectivity index (χ1n) is 11.4. The van der Waals surface area contributed by atoms with Crippen molar-refractivity contribution >= 4 is 22.8 Å². The summed E-state index contributed by atoms with van der Waals surface area (Å²) in [6.07, 6.45) is 7.41. The molecule has 0 radical (unpaired) electrons. The Morgan fingerprint density at radius 3 is 2.75 bits per heavy atom. The molecule has 6 nitrogen and oxygen atoms in total. The maximum Gasteiger partial charge on any atom is 0.231 e. The van der Waals surface area contributed by atoms with Gasteiger partial charge in [0.15, 0.2) is 5.76 Å². The Morgan fingerprint density at radius 1 is 1.19 bits per heavy atom. The summed E-state index contributed by atoms with van der Waals surface area (Å²) < 4.78 is 13.6. The van der Waals surface area contributed by atoms with E-state index < -0.39 is 0 Å². The lowest BCUT2D eigenvalue weighted by Crippen LogP contribution is -3.11. The largest absolute Gasteiger partial charge is 0.872 e. The van der Waals surface area contributed by atoms with Crippen LogP contribution in [-0.2, 0) is 13.1 Å². The Morgan fingerprint density at radius 2 is 2.00 bits per heavy atom. The summed E-state index contributed by atoms with van der Waals surface area (Å²) in [7, 11) is 1.64. The predicted molar refractivity (Wildman–Crippen MR) is 121 cm³/mol. The van der Waals surface area contributed by atoms with Crippen LogP contribution in [0.25, 0.3) is 17.0 Å². The van der Waals surface area contributed by atoms with Crippen LogP contribution >= 0.6 is 0 Å². The molecule has 2 aliphatic heterocycles. The van der Waals surface area contributed by atoms with E-state index in [1.165, 1.54) is 30.2 Å². The quantitative estimate of drug-likeness (QED) is 0.630. The molecule has 0 aliphatic carbocycles. The number of ketones is 1. The van der Waals surface area contributed by atoms with Gasteiger partial charge in [-0.3, -0.25) is 4.79 Å². The van der Waals surface area contributed by atoms with Gasteiger partial charge in [-0.05, 0) is 56.5 Å². The van der Waals surface area contributed by atoms with Gasteiger partial charge >= 0.3 is 0 Å². The van der Waals surface area contributed by atoms with E-state index in [2.05, 4.69) is 11.5 Å². The molecular formula is C26H28N2O4. The van der Waals surface area contributed by atoms with Crippen molar-refractivity contribution in [3.05, 3.63) is 59.0 Å². The number of hydrogen-bond acceptors (Lipinski definition) is 4. The Bertz CT molecular complexity index is 1220. The van der Waals surface area contributed by atoms with E-state index in [0.717, 1.165) is 41.9 Å². The average molecular weight is 433 g/mol. The number of aryl methyl sites for hydroxylation is 1. The molecule has 0 unspecified atom stereocenters. The number of hydrogen-bond donors (Lipinski definition) is 1. The van der Waals surface area contributed by atoms with Gasteiger partial charge in [-0.2, -0.15) is 0 Å². The zero-order chi connectivity index (χ0) is 22.2. The van der Waals surface area contributed by atoms with Crippen molar-refractivity contribution in [3.8, 4) is 17.2 Å². The monoisotopic (exact) mass is 432 g/mol. The lowest BCUT2D eigenvalue weighted by Gasteiger charge is -2.26. The van der Waals surface area contributed by atoms with Gasteiger partial charge in [-0.1, -0.05) is 11.8 Å². The van der Waals surface area contributed by atoms with E-state index in [4.69, 9.17) is 9.47 Å². The number of quaternary nitrogens is 1. The number of nitrogens with one attached hydrogen (secondary N) is 1. The molecule has 3 heterocycles. The molecule has 3 aromatic rings. The van der Waals surface area contributed by atoms with Crippen molar-refractivity contribution in [3.63, 3.8) is 0 Å². The number of Topliss-reactive ketones (excluding diaryl/α,β-unsaturated/α-hetero) is 1. The van der Waals surface area contributed by atoms with Crippen LogP contribution in [0.5, 0.6) is 17.2 Å². The van der Waals surface area contributed by atoms with Gasteiger partial charge < -0.3 is 24.0 Å². The third-order valence-electron chi connectivity index (χ3n) is 6.63. The fourth-order valence-electron chi connectivity index (χ4n) is 4.88. The Labute approximate surface area is 187 Å². The second-order valence-electron chi connectivity index (χ2n) is 8.60. The van der Waals surface area contributed by atoms with Gasteiger partial charge in [-0.25, -0.2) is 0 Å². The Balaban J connectivity index is 1.53. The van der Waals surface area contributed by atoms with Crippen molar-refractivity contribution < 1.29 is 24.3 Å². The molecule has 0 saturated carbocycles. The highest BCUT2D eigenvalue weighted by Crippen LogP contribution is 2.39. The second kappa shape index (κ2) is 8.36. The second-order valence-corrected chi connectivity index (χ2v) is 8.60. The molecule has 0 spiro atoms. The summed E-state index contributed by atoms with van der Waals surface area (Å²) in [5.74, 6) is 1.25. The standard InChI is InChI=1S/C26H28N2O4/c1-3-28-15-17(20-14-18(31-2)7-9-22(20)28)13-24-25(30)19-8-10-23(29)21(26(19)32-24)16-27-11-5-4-6-12-27/h7-10,13-15,29H,3-6,11-12,16H2,1-2H3/b24-13-. The van der Waals surface area contributed by atoms with Crippen molar-refractivity contribution in [2.24, 2.45) is 0 Å². The van der Waals surface area contributed by atoms with Crippen LogP contribution < -0.4 is 19.5 Å². The SMILES string of the molecule is CCn1cc(/C=C2\Oc3c(ccc([O-])c3C[NH+]3CCCCC3)C2=O)c2cc(OC)ccc21. The minimum atomic E-state index is -0.171. The van der Waals surface area contributed by atoms with Crippen molar-refractivity contribution in [1.29, 1.82) is 0 Å². The maximum atomic E-state index is 13.2. The molecule has 32 heavy (non-hydrogen) atoms. The van der Waals surface area contributed by atoms with Crippen molar-refractivity contribution in [2.45, 2.75) is 39.3 Å². The topological polar surface area (TPSA) is 68.0 Å². The van der Waals surface area contributed by atoms with Gasteiger partial charge in [0.05, 0.1) is 25.8 Å². The van der Waals surface area contributed by atoms with Gasteiger partial charge in [0, 0.05) is 34.8 Å². The van der Waals surface area contributed by atoms with Gasteiger partial charge in [0.2, 0.25) is 5.78 Å². The summed E-state index contributed by atoms with van der Waals surface area (Å²) in [6.45, 7) is 5.60. The lowest BCUT2D eigenvalue weighted by atomic mass is 10.0. The number of carbonyl (C=O) groups excluding carboxylic acids is 1. The van der Waals surface area contributed by atoms with Crippen LogP contribution in [0, 0.1) is 0 Å². The molecule has 6 heteroatoms. The van der Waals surface area contributed by atoms with E-state index in [1.807, 2.05) is 24.4 Å². The summed E-state index contributed by atoms with van der Waals surface area (Å²) in [6, 6.07) is 9.05. The van der Waals surface area contributed by atoms with E-state index in [-0.39, 0.29) is 17.3 Å². The smallest absolute Gasteiger partial charge is 0.231 e. The molecule has 166 valence electrons. The number of fused-ring (bicyclic) bond motifs is 2. The number of benzene rings is 2. The molecular weight excluding hydrogens is 404 g/mol. The fraction of sp³-hybridized carbons (Fsp3) is 0.346. The number of piperidine rings is 1. The average Bonchev–Trinajstić information content (AvgIpc) is 3.33. The zero-order valence-electron chi connectivity index (χ0n) is 18.6. The van der Waals surface area contributed by atoms with E-state index in [9.17, 15) is 9.90 Å². The molecule has 1 fully saturated rings. The highest BCUT2D eigenvalue weighted by atomic mass is 16.5. The fourth-order valence-corrected chi connectivity index (χ4v) is 4.88. The lowest BCUT2D eigenvalue weighted by molar-refractivity contribution is -0.918. The minimum Gasteiger partial charge on any atom is -0.872 e. The number of aromatic nitrogens is 1. The first kappa shape index (κ1) is 20.6. The van der Waals surface area contributed by atoms with Gasteiger partial charge in [0.1, 0.15) is 18.0 Å². The van der Waals surface area contributed by atoms with Crippen molar-refractivity contribution in [2.75, 3.05) is 20.2 Å². The van der Waals surface area contributed by atoms with E-state index in [0.29, 0.717) is 23.4 Å². The summed E-state index contributed by atoms with van der Waals surface area (Å²) in [5.41, 5.74) is 3.06. The van der Waals surface area contributed by atoms with Crippen LogP contribution in [0.4, 0.5) is 0 Å². The number of ether oxygens (including phenoxy) is 2. The summed E-state index contributed by atoms with van der Waals surface area (Å²) in [4.78, 5) is 14.5.